The number of benzene rings is 7. The first-order valence-corrected chi connectivity index (χ1v) is 16.3. The lowest BCUT2D eigenvalue weighted by Crippen LogP contribution is -2.00. The molecule has 0 saturated heterocycles. The van der Waals surface area contributed by atoms with Crippen molar-refractivity contribution in [3.05, 3.63) is 168 Å². The zero-order chi connectivity index (χ0) is 33.8. The van der Waals surface area contributed by atoms with Crippen molar-refractivity contribution in [2.45, 2.75) is 0 Å². The lowest BCUT2D eigenvalue weighted by molar-refractivity contribution is 1.18. The van der Waals surface area contributed by atoms with Gasteiger partial charge in [-0.25, -0.2) is 0 Å². The maximum absolute atomic E-state index is 10.1. The van der Waals surface area contributed by atoms with E-state index in [-0.39, 0.29) is 0 Å². The molecule has 0 radical (unpaired) electrons. The predicted octanol–water partition coefficient (Wildman–Crippen LogP) is 10.8. The van der Waals surface area contributed by atoms with Gasteiger partial charge in [-0.3, -0.25) is 0 Å². The Morgan fingerprint density at radius 1 is 0.360 bits per heavy atom. The SMILES string of the molecule is N#Cc1ccc(-c2ccc(C#N)cc2-n2c3ccccc3c3cc(C#N)ccc32)c(-c2cccc(-n3c4ccccc4c4ccccc43)c2)c1. The second-order valence-electron chi connectivity index (χ2n) is 12.3. The molecule has 0 aliphatic rings. The van der Waals surface area contributed by atoms with Gasteiger partial charge in [0.05, 0.1) is 62.7 Å². The van der Waals surface area contributed by atoms with E-state index >= 15 is 0 Å². The molecule has 2 heterocycles. The third-order valence-electron chi connectivity index (χ3n) is 9.60. The maximum Gasteiger partial charge on any atom is 0.0992 e. The Morgan fingerprint density at radius 3 is 1.54 bits per heavy atom. The molecule has 0 aliphatic heterocycles. The molecule has 0 bridgehead atoms. The smallest absolute Gasteiger partial charge is 0.0992 e. The van der Waals surface area contributed by atoms with Gasteiger partial charge >= 0.3 is 0 Å². The number of nitrogens with zero attached hydrogens (tertiary/aromatic N) is 5. The van der Waals surface area contributed by atoms with Gasteiger partial charge in [0.1, 0.15) is 0 Å². The summed E-state index contributed by atoms with van der Waals surface area (Å²) in [6.07, 6.45) is 0. The highest BCUT2D eigenvalue weighted by Crippen LogP contribution is 2.41. The zero-order valence-corrected chi connectivity index (χ0v) is 26.7. The molecule has 2 aromatic heterocycles. The highest BCUT2D eigenvalue weighted by molar-refractivity contribution is 6.11. The molecule has 0 aliphatic carbocycles. The Morgan fingerprint density at radius 2 is 0.880 bits per heavy atom. The van der Waals surface area contributed by atoms with E-state index in [2.05, 4.69) is 112 Å². The molecule has 230 valence electrons. The Hall–Kier alpha value is -7.39. The third-order valence-corrected chi connectivity index (χ3v) is 9.60. The summed E-state index contributed by atoms with van der Waals surface area (Å²) in [4.78, 5) is 0. The average molecular weight is 636 g/mol. The molecule has 0 atom stereocenters. The normalized spacial score (nSPS) is 11.1. The fourth-order valence-corrected chi connectivity index (χ4v) is 7.42. The summed E-state index contributed by atoms with van der Waals surface area (Å²) >= 11 is 0. The lowest BCUT2D eigenvalue weighted by Gasteiger charge is -2.18. The largest absolute Gasteiger partial charge is 0.309 e. The van der Waals surface area contributed by atoms with E-state index in [4.69, 9.17) is 0 Å². The van der Waals surface area contributed by atoms with E-state index in [0.29, 0.717) is 16.7 Å². The summed E-state index contributed by atoms with van der Waals surface area (Å²) in [6.45, 7) is 0. The molecule has 9 rings (SSSR count). The first-order valence-electron chi connectivity index (χ1n) is 16.3. The highest BCUT2D eigenvalue weighted by Gasteiger charge is 2.20. The number of rotatable bonds is 4. The van der Waals surface area contributed by atoms with Crippen molar-refractivity contribution in [2.24, 2.45) is 0 Å². The Bertz CT molecular complexity index is 2920. The van der Waals surface area contributed by atoms with Crippen LogP contribution in [0.5, 0.6) is 0 Å². The van der Waals surface area contributed by atoms with Gasteiger partial charge in [-0.05, 0) is 89.5 Å². The lowest BCUT2D eigenvalue weighted by atomic mass is 9.91. The number of hydrogen-bond acceptors (Lipinski definition) is 3. The summed E-state index contributed by atoms with van der Waals surface area (Å²) in [5.41, 5.74) is 11.4. The van der Waals surface area contributed by atoms with Crippen LogP contribution in [0.3, 0.4) is 0 Å². The minimum absolute atomic E-state index is 0.534. The van der Waals surface area contributed by atoms with Gasteiger partial charge in [0.2, 0.25) is 0 Å². The van der Waals surface area contributed by atoms with Crippen LogP contribution in [0.2, 0.25) is 0 Å². The Kier molecular flexibility index (Phi) is 6.56. The molecular weight excluding hydrogens is 611 g/mol. The fourth-order valence-electron chi connectivity index (χ4n) is 7.42. The minimum atomic E-state index is 0.534. The van der Waals surface area contributed by atoms with Crippen molar-refractivity contribution in [1.29, 1.82) is 15.8 Å². The molecule has 0 saturated carbocycles. The summed E-state index contributed by atoms with van der Waals surface area (Å²) in [5, 5.41) is 34.2. The van der Waals surface area contributed by atoms with E-state index in [1.807, 2.05) is 66.7 Å². The Labute approximate surface area is 287 Å². The maximum atomic E-state index is 10.1. The van der Waals surface area contributed by atoms with Crippen LogP contribution in [0.25, 0.3) is 77.2 Å². The monoisotopic (exact) mass is 635 g/mol. The molecule has 9 aromatic rings. The van der Waals surface area contributed by atoms with Gasteiger partial charge in [-0.2, -0.15) is 15.8 Å². The predicted molar refractivity (Wildman–Crippen MR) is 200 cm³/mol. The van der Waals surface area contributed by atoms with Gasteiger partial charge in [-0.15, -0.1) is 0 Å². The number of nitriles is 3. The Balaban J connectivity index is 1.31. The van der Waals surface area contributed by atoms with E-state index in [1.165, 1.54) is 10.8 Å². The van der Waals surface area contributed by atoms with Crippen LogP contribution in [0.4, 0.5) is 0 Å². The molecule has 0 fully saturated rings. The quantitative estimate of drug-likeness (QED) is 0.193. The second kappa shape index (κ2) is 11.4. The standard InChI is InChI=1S/C45H25N5/c46-26-29-16-19-34(39(22-29)32-8-7-9-33(25-32)49-41-13-4-1-10-35(41)36-11-2-5-14-42(36)49)38-20-17-31(28-48)24-45(38)50-43-15-6-3-12-37(43)40-23-30(27-47)18-21-44(40)50/h1-25H. The third kappa shape index (κ3) is 4.38. The summed E-state index contributed by atoms with van der Waals surface area (Å²) in [6, 6.07) is 57.8. The van der Waals surface area contributed by atoms with Crippen LogP contribution in [0, 0.1) is 34.0 Å². The number of para-hydroxylation sites is 3. The summed E-state index contributed by atoms with van der Waals surface area (Å²) < 4.78 is 4.47. The van der Waals surface area contributed by atoms with E-state index in [1.54, 1.807) is 0 Å². The average Bonchev–Trinajstić information content (AvgIpc) is 3.70. The molecule has 0 amide bonds. The van der Waals surface area contributed by atoms with Crippen LogP contribution < -0.4 is 0 Å². The van der Waals surface area contributed by atoms with Gasteiger partial charge in [0.25, 0.3) is 0 Å². The molecule has 5 nitrogen and oxygen atoms in total. The topological polar surface area (TPSA) is 81.2 Å². The van der Waals surface area contributed by atoms with Gasteiger partial charge < -0.3 is 9.13 Å². The molecular formula is C45H25N5. The van der Waals surface area contributed by atoms with Crippen LogP contribution in [-0.2, 0) is 0 Å². The first-order chi connectivity index (χ1) is 24.7. The van der Waals surface area contributed by atoms with Gasteiger partial charge in [-0.1, -0.05) is 78.9 Å². The molecule has 7 aromatic carbocycles. The van der Waals surface area contributed by atoms with E-state index in [9.17, 15) is 15.8 Å². The highest BCUT2D eigenvalue weighted by atomic mass is 15.0. The fraction of sp³-hybridized carbons (Fsp3) is 0. The van der Waals surface area contributed by atoms with Gasteiger partial charge in [0, 0.05) is 32.8 Å². The van der Waals surface area contributed by atoms with Crippen LogP contribution in [0.1, 0.15) is 16.7 Å². The first kappa shape index (κ1) is 28.8. The van der Waals surface area contributed by atoms with Crippen LogP contribution in [0.15, 0.2) is 152 Å². The minimum Gasteiger partial charge on any atom is -0.309 e. The molecule has 0 unspecified atom stereocenters. The van der Waals surface area contributed by atoms with E-state index < -0.39 is 0 Å². The molecule has 50 heavy (non-hydrogen) atoms. The van der Waals surface area contributed by atoms with E-state index in [0.717, 1.165) is 66.5 Å². The van der Waals surface area contributed by atoms with Crippen molar-refractivity contribution in [3.8, 4) is 51.8 Å². The van der Waals surface area contributed by atoms with Crippen molar-refractivity contribution in [3.63, 3.8) is 0 Å². The number of aromatic nitrogens is 2. The zero-order valence-electron chi connectivity index (χ0n) is 26.7. The second-order valence-corrected chi connectivity index (χ2v) is 12.3. The number of hydrogen-bond donors (Lipinski definition) is 0. The van der Waals surface area contributed by atoms with Crippen molar-refractivity contribution in [1.82, 2.24) is 9.13 Å². The summed E-state index contributed by atoms with van der Waals surface area (Å²) in [5.74, 6) is 0. The van der Waals surface area contributed by atoms with Crippen LogP contribution in [-0.4, -0.2) is 9.13 Å². The molecule has 0 N–H and O–H groups in total. The number of fused-ring (bicyclic) bond motifs is 6. The van der Waals surface area contributed by atoms with Crippen molar-refractivity contribution in [2.75, 3.05) is 0 Å². The molecule has 0 spiro atoms. The van der Waals surface area contributed by atoms with Crippen molar-refractivity contribution < 1.29 is 0 Å². The molecule has 5 heteroatoms. The van der Waals surface area contributed by atoms with Crippen molar-refractivity contribution >= 4 is 43.6 Å². The van der Waals surface area contributed by atoms with Crippen LogP contribution >= 0.6 is 0 Å². The summed E-state index contributed by atoms with van der Waals surface area (Å²) in [7, 11) is 0. The van der Waals surface area contributed by atoms with Gasteiger partial charge in [0.15, 0.2) is 0 Å².